The maximum atomic E-state index is 12.7. The first-order valence-electron chi connectivity index (χ1n) is 10.6. The summed E-state index contributed by atoms with van der Waals surface area (Å²) in [6.45, 7) is 3.32. The van der Waals surface area contributed by atoms with Crippen molar-refractivity contribution in [2.24, 2.45) is 5.92 Å². The smallest absolute Gasteiger partial charge is 0.266 e. The Bertz CT molecular complexity index is 890. The molecule has 0 aliphatic carbocycles. The number of rotatable bonds is 4. The lowest BCUT2D eigenvalue weighted by Crippen LogP contribution is -2.49. The largest absolute Gasteiger partial charge is 0.344 e. The van der Waals surface area contributed by atoms with Crippen LogP contribution in [-0.4, -0.2) is 63.2 Å². The SMILES string of the molecule is CN1CCCCC(N2CCC(Cn3nc(-c4ccncc4)ccc3=O)CC2)C1=O. The number of piperidine rings is 1. The Morgan fingerprint density at radius 1 is 0.966 bits per heavy atom. The Morgan fingerprint density at radius 3 is 2.48 bits per heavy atom. The number of carbonyl (C=O) groups is 1. The van der Waals surface area contributed by atoms with Gasteiger partial charge in [-0.1, -0.05) is 0 Å². The molecule has 4 heterocycles. The molecule has 4 rings (SSSR count). The van der Waals surface area contributed by atoms with Crippen LogP contribution < -0.4 is 5.56 Å². The van der Waals surface area contributed by atoms with E-state index in [1.54, 1.807) is 29.2 Å². The van der Waals surface area contributed by atoms with E-state index in [0.29, 0.717) is 12.5 Å². The van der Waals surface area contributed by atoms with Gasteiger partial charge in [-0.3, -0.25) is 19.5 Å². The normalized spacial score (nSPS) is 21.9. The van der Waals surface area contributed by atoms with Crippen molar-refractivity contribution < 1.29 is 4.79 Å². The monoisotopic (exact) mass is 395 g/mol. The molecule has 0 aromatic carbocycles. The van der Waals surface area contributed by atoms with Crippen molar-refractivity contribution >= 4 is 5.91 Å². The van der Waals surface area contributed by atoms with Crippen molar-refractivity contribution in [3.8, 4) is 11.3 Å². The quantitative estimate of drug-likeness (QED) is 0.792. The molecule has 0 spiro atoms. The van der Waals surface area contributed by atoms with Crippen molar-refractivity contribution in [3.63, 3.8) is 0 Å². The molecule has 1 unspecified atom stereocenters. The number of carbonyl (C=O) groups excluding carboxylic acids is 1. The third kappa shape index (κ3) is 4.56. The summed E-state index contributed by atoms with van der Waals surface area (Å²) in [5, 5.41) is 4.58. The van der Waals surface area contributed by atoms with Gasteiger partial charge in [0.2, 0.25) is 5.91 Å². The first-order valence-corrected chi connectivity index (χ1v) is 10.6. The summed E-state index contributed by atoms with van der Waals surface area (Å²) in [5.41, 5.74) is 1.68. The van der Waals surface area contributed by atoms with Gasteiger partial charge in [-0.2, -0.15) is 5.10 Å². The molecule has 2 aromatic rings. The van der Waals surface area contributed by atoms with Crippen LogP contribution in [-0.2, 0) is 11.3 Å². The number of pyridine rings is 1. The average molecular weight is 396 g/mol. The second-order valence-electron chi connectivity index (χ2n) is 8.23. The predicted octanol–water partition coefficient (Wildman–Crippen LogP) is 2.03. The van der Waals surface area contributed by atoms with Gasteiger partial charge in [0.15, 0.2) is 0 Å². The summed E-state index contributed by atoms with van der Waals surface area (Å²) in [6, 6.07) is 7.19. The minimum Gasteiger partial charge on any atom is -0.344 e. The lowest BCUT2D eigenvalue weighted by Gasteiger charge is -2.37. The molecule has 0 saturated carbocycles. The highest BCUT2D eigenvalue weighted by atomic mass is 16.2. The summed E-state index contributed by atoms with van der Waals surface area (Å²) in [5.74, 6) is 0.673. The van der Waals surface area contributed by atoms with Gasteiger partial charge in [0.1, 0.15) is 0 Å². The van der Waals surface area contributed by atoms with Gasteiger partial charge >= 0.3 is 0 Å². The highest BCUT2D eigenvalue weighted by molar-refractivity contribution is 5.81. The van der Waals surface area contributed by atoms with E-state index in [2.05, 4.69) is 15.0 Å². The second kappa shape index (κ2) is 8.86. The molecule has 1 amide bonds. The molecule has 7 nitrogen and oxygen atoms in total. The summed E-state index contributed by atoms with van der Waals surface area (Å²) < 4.78 is 1.60. The van der Waals surface area contributed by atoms with Crippen LogP contribution in [0, 0.1) is 5.92 Å². The van der Waals surface area contributed by atoms with E-state index < -0.39 is 0 Å². The number of hydrogen-bond donors (Lipinski definition) is 0. The second-order valence-corrected chi connectivity index (χ2v) is 8.23. The third-order valence-electron chi connectivity index (χ3n) is 6.25. The van der Waals surface area contributed by atoms with Gasteiger partial charge in [0, 0.05) is 44.2 Å². The molecule has 2 fully saturated rings. The zero-order valence-electron chi connectivity index (χ0n) is 17.0. The lowest BCUT2D eigenvalue weighted by atomic mass is 9.94. The summed E-state index contributed by atoms with van der Waals surface area (Å²) in [4.78, 5) is 33.3. The van der Waals surface area contributed by atoms with Crippen LogP contribution in [0.5, 0.6) is 0 Å². The standard InChI is InChI=1S/C22H29N5O2/c1-25-13-3-2-4-20(22(25)29)26-14-9-17(10-15-26)16-27-21(28)6-5-19(24-27)18-7-11-23-12-8-18/h5-8,11-12,17,20H,2-4,9-10,13-16H2,1H3. The molecule has 7 heteroatoms. The van der Waals surface area contributed by atoms with Crippen molar-refractivity contribution in [2.45, 2.75) is 44.7 Å². The molecule has 0 N–H and O–H groups in total. The number of likely N-dealkylation sites (tertiary alicyclic amines) is 2. The number of amides is 1. The fraction of sp³-hybridized carbons (Fsp3) is 0.545. The summed E-state index contributed by atoms with van der Waals surface area (Å²) >= 11 is 0. The van der Waals surface area contributed by atoms with Crippen molar-refractivity contribution in [1.29, 1.82) is 0 Å². The van der Waals surface area contributed by atoms with Gasteiger partial charge in [-0.05, 0) is 69.3 Å². The maximum absolute atomic E-state index is 12.7. The van der Waals surface area contributed by atoms with E-state index in [1.165, 1.54) is 0 Å². The number of aromatic nitrogens is 3. The van der Waals surface area contributed by atoms with E-state index in [1.807, 2.05) is 24.1 Å². The van der Waals surface area contributed by atoms with Crippen LogP contribution in [0.15, 0.2) is 41.5 Å². The number of nitrogens with zero attached hydrogens (tertiary/aromatic N) is 5. The molecular weight excluding hydrogens is 366 g/mol. The van der Waals surface area contributed by atoms with Crippen LogP contribution in [0.25, 0.3) is 11.3 Å². The third-order valence-corrected chi connectivity index (χ3v) is 6.25. The molecule has 0 bridgehead atoms. The highest BCUT2D eigenvalue weighted by Crippen LogP contribution is 2.24. The maximum Gasteiger partial charge on any atom is 0.266 e. The first kappa shape index (κ1) is 19.8. The predicted molar refractivity (Wildman–Crippen MR) is 111 cm³/mol. The molecule has 2 aliphatic heterocycles. The molecule has 1 atom stereocenters. The van der Waals surface area contributed by atoms with Crippen LogP contribution in [0.3, 0.4) is 0 Å². The Labute approximate surface area is 171 Å². The number of hydrogen-bond acceptors (Lipinski definition) is 5. The van der Waals surface area contributed by atoms with E-state index in [9.17, 15) is 9.59 Å². The van der Waals surface area contributed by atoms with Gasteiger partial charge in [-0.25, -0.2) is 4.68 Å². The van der Waals surface area contributed by atoms with Crippen molar-refractivity contribution in [2.75, 3.05) is 26.7 Å². The Balaban J connectivity index is 1.40. The zero-order chi connectivity index (χ0) is 20.2. The first-order chi connectivity index (χ1) is 14.1. The van der Waals surface area contributed by atoms with E-state index >= 15 is 0 Å². The van der Waals surface area contributed by atoms with Crippen LogP contribution in [0.2, 0.25) is 0 Å². The molecule has 2 aromatic heterocycles. The van der Waals surface area contributed by atoms with Crippen LogP contribution in [0.1, 0.15) is 32.1 Å². The fourth-order valence-electron chi connectivity index (χ4n) is 4.46. The van der Waals surface area contributed by atoms with E-state index in [-0.39, 0.29) is 17.5 Å². The van der Waals surface area contributed by atoms with E-state index in [4.69, 9.17) is 0 Å². The van der Waals surface area contributed by atoms with Gasteiger partial charge in [-0.15, -0.1) is 0 Å². The molecule has 154 valence electrons. The molecule has 29 heavy (non-hydrogen) atoms. The lowest BCUT2D eigenvalue weighted by molar-refractivity contribution is -0.135. The van der Waals surface area contributed by atoms with Crippen molar-refractivity contribution in [3.05, 3.63) is 47.0 Å². The Hall–Kier alpha value is -2.54. The molecule has 2 aliphatic rings. The highest BCUT2D eigenvalue weighted by Gasteiger charge is 2.32. The Kier molecular flexibility index (Phi) is 6.04. The minimum atomic E-state index is -0.0641. The summed E-state index contributed by atoms with van der Waals surface area (Å²) in [7, 11) is 1.92. The molecule has 0 radical (unpaired) electrons. The topological polar surface area (TPSA) is 71.3 Å². The molecule has 2 saturated heterocycles. The molecular formula is C22H29N5O2. The van der Waals surface area contributed by atoms with E-state index in [0.717, 1.165) is 63.0 Å². The minimum absolute atomic E-state index is 0.0271. The number of likely N-dealkylation sites (N-methyl/N-ethyl adjacent to an activating group) is 1. The van der Waals surface area contributed by atoms with Crippen molar-refractivity contribution in [1.82, 2.24) is 24.6 Å². The van der Waals surface area contributed by atoms with Crippen LogP contribution >= 0.6 is 0 Å². The van der Waals surface area contributed by atoms with Gasteiger partial charge < -0.3 is 4.90 Å². The zero-order valence-corrected chi connectivity index (χ0v) is 17.0. The average Bonchev–Trinajstić information content (AvgIpc) is 2.92. The van der Waals surface area contributed by atoms with Gasteiger partial charge in [0.25, 0.3) is 5.56 Å². The summed E-state index contributed by atoms with van der Waals surface area (Å²) in [6.07, 6.45) is 8.60. The Morgan fingerprint density at radius 2 is 1.72 bits per heavy atom. The van der Waals surface area contributed by atoms with Gasteiger partial charge in [0.05, 0.1) is 11.7 Å². The van der Waals surface area contributed by atoms with Crippen LogP contribution in [0.4, 0.5) is 0 Å². The fourth-order valence-corrected chi connectivity index (χ4v) is 4.46.